The van der Waals surface area contributed by atoms with E-state index in [2.05, 4.69) is 11.4 Å². The highest BCUT2D eigenvalue weighted by Crippen LogP contribution is 2.19. The highest BCUT2D eigenvalue weighted by Gasteiger charge is 2.24. The number of methoxy groups -OCH3 is 1. The molecule has 0 aromatic heterocycles. The number of nitrogens with one attached hydrogen (secondary N) is 1. The van der Waals surface area contributed by atoms with E-state index < -0.39 is 12.0 Å². The van der Waals surface area contributed by atoms with Crippen LogP contribution in [-0.4, -0.2) is 42.4 Å². The Morgan fingerprint density at radius 1 is 1.00 bits per heavy atom. The van der Waals surface area contributed by atoms with Crippen molar-refractivity contribution in [1.82, 2.24) is 10.2 Å². The van der Waals surface area contributed by atoms with Crippen molar-refractivity contribution in [2.45, 2.75) is 38.3 Å². The molecule has 6 nitrogen and oxygen atoms in total. The van der Waals surface area contributed by atoms with Crippen molar-refractivity contribution >= 4 is 17.8 Å². The first kappa shape index (κ1) is 20.6. The predicted octanol–water partition coefficient (Wildman–Crippen LogP) is 2.25. The minimum atomic E-state index is -0.771. The zero-order valence-corrected chi connectivity index (χ0v) is 16.6. The van der Waals surface area contributed by atoms with Crippen molar-refractivity contribution in [3.05, 3.63) is 71.3 Å². The number of benzene rings is 2. The van der Waals surface area contributed by atoms with Crippen LogP contribution in [-0.2, 0) is 38.5 Å². The van der Waals surface area contributed by atoms with Gasteiger partial charge in [-0.3, -0.25) is 9.59 Å². The smallest absolute Gasteiger partial charge is 0.328 e. The molecule has 0 saturated carbocycles. The monoisotopic (exact) mass is 394 g/mol. The van der Waals surface area contributed by atoms with Gasteiger partial charge < -0.3 is 15.0 Å². The van der Waals surface area contributed by atoms with E-state index in [0.29, 0.717) is 19.5 Å². The van der Waals surface area contributed by atoms with Crippen molar-refractivity contribution in [2.24, 2.45) is 0 Å². The Morgan fingerprint density at radius 2 is 1.69 bits per heavy atom. The second-order valence-corrected chi connectivity index (χ2v) is 7.17. The van der Waals surface area contributed by atoms with E-state index in [1.54, 1.807) is 4.90 Å². The molecule has 0 saturated heterocycles. The van der Waals surface area contributed by atoms with Gasteiger partial charge in [0.25, 0.3) is 0 Å². The second-order valence-electron chi connectivity index (χ2n) is 7.17. The molecule has 1 aliphatic heterocycles. The molecule has 0 aliphatic carbocycles. The van der Waals surface area contributed by atoms with E-state index in [1.165, 1.54) is 12.7 Å². The molecule has 0 spiro atoms. The highest BCUT2D eigenvalue weighted by atomic mass is 16.5. The van der Waals surface area contributed by atoms with Crippen molar-refractivity contribution in [3.63, 3.8) is 0 Å². The van der Waals surface area contributed by atoms with Crippen LogP contribution < -0.4 is 5.32 Å². The van der Waals surface area contributed by atoms with Crippen molar-refractivity contribution < 1.29 is 19.1 Å². The third-order valence-electron chi connectivity index (χ3n) is 5.15. The van der Waals surface area contributed by atoms with Crippen LogP contribution in [0.15, 0.2) is 54.6 Å². The number of fused-ring (bicyclic) bond motifs is 1. The molecule has 152 valence electrons. The van der Waals surface area contributed by atoms with Gasteiger partial charge in [0.05, 0.1) is 7.11 Å². The van der Waals surface area contributed by atoms with Crippen molar-refractivity contribution in [2.75, 3.05) is 13.7 Å². The predicted molar refractivity (Wildman–Crippen MR) is 109 cm³/mol. The standard InChI is InChI=1S/C23H26N2O4/c1-29-23(28)20(15-17-7-3-2-4-8-17)24-21(26)11-12-22(27)25-14-13-18-9-5-6-10-19(18)16-25/h2-10,20H,11-16H2,1H3,(H,24,26). The molecule has 29 heavy (non-hydrogen) atoms. The maximum atomic E-state index is 12.5. The molecule has 1 heterocycles. The number of hydrogen-bond donors (Lipinski definition) is 1. The number of esters is 1. The summed E-state index contributed by atoms with van der Waals surface area (Å²) in [6.45, 7) is 1.24. The van der Waals surface area contributed by atoms with Crippen LogP contribution in [0.5, 0.6) is 0 Å². The van der Waals surface area contributed by atoms with Gasteiger partial charge in [0.2, 0.25) is 11.8 Å². The van der Waals surface area contributed by atoms with Crippen LogP contribution in [0.25, 0.3) is 0 Å². The summed E-state index contributed by atoms with van der Waals surface area (Å²) < 4.78 is 4.81. The van der Waals surface area contributed by atoms with Crippen molar-refractivity contribution in [1.29, 1.82) is 0 Å². The lowest BCUT2D eigenvalue weighted by molar-refractivity contribution is -0.145. The number of carbonyl (C=O) groups is 3. The van der Waals surface area contributed by atoms with Crippen molar-refractivity contribution in [3.8, 4) is 0 Å². The number of carbonyl (C=O) groups excluding carboxylic acids is 3. The minimum Gasteiger partial charge on any atom is -0.467 e. The molecule has 2 aromatic carbocycles. The fourth-order valence-corrected chi connectivity index (χ4v) is 3.54. The topological polar surface area (TPSA) is 75.7 Å². The third kappa shape index (κ3) is 5.67. The fraction of sp³-hybridized carbons (Fsp3) is 0.348. The first-order valence-electron chi connectivity index (χ1n) is 9.82. The SMILES string of the molecule is COC(=O)C(Cc1ccccc1)NC(=O)CCC(=O)N1CCc2ccccc2C1. The maximum Gasteiger partial charge on any atom is 0.328 e. The second kappa shape index (κ2) is 9.87. The molecule has 3 rings (SSSR count). The largest absolute Gasteiger partial charge is 0.467 e. The lowest BCUT2D eigenvalue weighted by Gasteiger charge is -2.29. The van der Waals surface area contributed by atoms with Crippen LogP contribution in [0.4, 0.5) is 0 Å². The highest BCUT2D eigenvalue weighted by molar-refractivity contribution is 5.87. The molecule has 1 N–H and O–H groups in total. The minimum absolute atomic E-state index is 0.0409. The average molecular weight is 394 g/mol. The maximum absolute atomic E-state index is 12.5. The fourth-order valence-electron chi connectivity index (χ4n) is 3.54. The lowest BCUT2D eigenvalue weighted by Crippen LogP contribution is -2.43. The summed E-state index contributed by atoms with van der Waals surface area (Å²) in [7, 11) is 1.30. The van der Waals surface area contributed by atoms with E-state index in [0.717, 1.165) is 17.5 Å². The molecular formula is C23H26N2O4. The Bertz CT molecular complexity index is 866. The molecule has 6 heteroatoms. The van der Waals surface area contributed by atoms with E-state index >= 15 is 0 Å². The zero-order chi connectivity index (χ0) is 20.6. The Hall–Kier alpha value is -3.15. The molecule has 2 amide bonds. The average Bonchev–Trinajstić information content (AvgIpc) is 2.76. The lowest BCUT2D eigenvalue weighted by atomic mass is 9.99. The number of amides is 2. The van der Waals surface area contributed by atoms with Gasteiger partial charge >= 0.3 is 5.97 Å². The Balaban J connectivity index is 1.51. The van der Waals surface area contributed by atoms with Crippen LogP contribution in [0.2, 0.25) is 0 Å². The van der Waals surface area contributed by atoms with Gasteiger partial charge in [-0.05, 0) is 23.1 Å². The van der Waals surface area contributed by atoms with E-state index in [-0.39, 0.29) is 24.7 Å². The molecular weight excluding hydrogens is 368 g/mol. The molecule has 0 bridgehead atoms. The Morgan fingerprint density at radius 3 is 2.41 bits per heavy atom. The van der Waals surface area contributed by atoms with Crippen LogP contribution in [0.1, 0.15) is 29.5 Å². The van der Waals surface area contributed by atoms with E-state index in [9.17, 15) is 14.4 Å². The third-order valence-corrected chi connectivity index (χ3v) is 5.15. The van der Waals surface area contributed by atoms with Crippen LogP contribution in [0.3, 0.4) is 0 Å². The summed E-state index contributed by atoms with van der Waals surface area (Å²) in [4.78, 5) is 38.7. The zero-order valence-electron chi connectivity index (χ0n) is 16.6. The Kier molecular flexibility index (Phi) is 7.00. The van der Waals surface area contributed by atoms with Gasteiger partial charge in [-0.15, -0.1) is 0 Å². The van der Waals surface area contributed by atoms with Gasteiger partial charge in [0.15, 0.2) is 0 Å². The molecule has 1 aliphatic rings. The van der Waals surface area contributed by atoms with Crippen LogP contribution >= 0.6 is 0 Å². The van der Waals surface area contributed by atoms with E-state index in [4.69, 9.17) is 4.74 Å². The summed E-state index contributed by atoms with van der Waals surface area (Å²) in [6, 6.07) is 16.7. The number of nitrogens with zero attached hydrogens (tertiary/aromatic N) is 1. The summed E-state index contributed by atoms with van der Waals surface area (Å²) in [5.74, 6) is -0.879. The summed E-state index contributed by atoms with van der Waals surface area (Å²) >= 11 is 0. The first-order chi connectivity index (χ1) is 14.1. The number of rotatable bonds is 7. The Labute approximate surface area is 170 Å². The number of ether oxygens (including phenoxy) is 1. The van der Waals surface area contributed by atoms with Gasteiger partial charge in [-0.1, -0.05) is 54.6 Å². The summed E-state index contributed by atoms with van der Waals surface area (Å²) in [5, 5.41) is 2.71. The summed E-state index contributed by atoms with van der Waals surface area (Å²) in [5.41, 5.74) is 3.35. The van der Waals surface area contributed by atoms with Crippen LogP contribution in [0, 0.1) is 0 Å². The molecule has 1 unspecified atom stereocenters. The first-order valence-corrected chi connectivity index (χ1v) is 9.82. The normalized spacial score (nSPS) is 13.9. The quantitative estimate of drug-likeness (QED) is 0.731. The number of hydrogen-bond acceptors (Lipinski definition) is 4. The van der Waals surface area contributed by atoms with Gasteiger partial charge in [-0.25, -0.2) is 4.79 Å². The summed E-state index contributed by atoms with van der Waals surface area (Å²) in [6.07, 6.45) is 1.33. The molecule has 0 fully saturated rings. The van der Waals surface area contributed by atoms with Gasteiger partial charge in [0.1, 0.15) is 6.04 Å². The molecule has 0 radical (unpaired) electrons. The van der Waals surface area contributed by atoms with Gasteiger partial charge in [0, 0.05) is 32.4 Å². The molecule has 1 atom stereocenters. The van der Waals surface area contributed by atoms with Gasteiger partial charge in [-0.2, -0.15) is 0 Å². The molecule has 2 aromatic rings. The van der Waals surface area contributed by atoms with E-state index in [1.807, 2.05) is 48.5 Å².